The van der Waals surface area contributed by atoms with Gasteiger partial charge in [0.15, 0.2) is 0 Å². The molecule has 0 bridgehead atoms. The zero-order valence-electron chi connectivity index (χ0n) is 10.8. The molecule has 6 heteroatoms. The summed E-state index contributed by atoms with van der Waals surface area (Å²) in [5.74, 6) is -1.02. The molecule has 5 nitrogen and oxygen atoms in total. The Morgan fingerprint density at radius 3 is 2.37 bits per heavy atom. The van der Waals surface area contributed by atoms with E-state index < -0.39 is 16.0 Å². The zero-order chi connectivity index (χ0) is 14.0. The second-order valence-corrected chi connectivity index (χ2v) is 6.57. The summed E-state index contributed by atoms with van der Waals surface area (Å²) < 4.78 is 26.2. The Bertz CT molecular complexity index is 607. The Morgan fingerprint density at radius 2 is 1.84 bits per heavy atom. The molecule has 0 aromatic heterocycles. The summed E-state index contributed by atoms with van der Waals surface area (Å²) in [5.41, 5.74) is 2.47. The average molecular weight is 283 g/mol. The quantitative estimate of drug-likeness (QED) is 0.866. The van der Waals surface area contributed by atoms with Crippen LogP contribution in [0.3, 0.4) is 0 Å². The highest BCUT2D eigenvalue weighted by atomic mass is 32.2. The van der Waals surface area contributed by atoms with Crippen LogP contribution in [0, 0.1) is 0 Å². The van der Waals surface area contributed by atoms with E-state index in [9.17, 15) is 13.2 Å². The molecule has 1 aliphatic carbocycles. The molecular formula is C13H17NO4S. The first-order chi connectivity index (χ1) is 8.94. The maximum absolute atomic E-state index is 12.0. The van der Waals surface area contributed by atoms with E-state index in [0.717, 1.165) is 36.8 Å². The van der Waals surface area contributed by atoms with Gasteiger partial charge in [0, 0.05) is 0 Å². The molecule has 19 heavy (non-hydrogen) atoms. The largest absolute Gasteiger partial charge is 0.481 e. The molecule has 2 rings (SSSR count). The van der Waals surface area contributed by atoms with E-state index in [-0.39, 0.29) is 11.3 Å². The van der Waals surface area contributed by atoms with Crippen molar-refractivity contribution in [2.24, 2.45) is 0 Å². The Balaban J connectivity index is 2.58. The van der Waals surface area contributed by atoms with Crippen LogP contribution in [-0.4, -0.2) is 26.5 Å². The van der Waals surface area contributed by atoms with Crippen molar-refractivity contribution < 1.29 is 18.3 Å². The van der Waals surface area contributed by atoms with Gasteiger partial charge in [0.2, 0.25) is 10.0 Å². The van der Waals surface area contributed by atoms with Crippen molar-refractivity contribution in [2.45, 2.75) is 37.0 Å². The van der Waals surface area contributed by atoms with Gasteiger partial charge in [0.1, 0.15) is 0 Å². The van der Waals surface area contributed by atoms with Gasteiger partial charge in [0.25, 0.3) is 0 Å². The van der Waals surface area contributed by atoms with E-state index in [1.807, 2.05) is 0 Å². The normalized spacial score (nSPS) is 15.0. The standard InChI is InChI=1S/C13H17NO4S/c1-14-19(17,18)12-7-10-5-3-2-4-9(10)6-11(12)8-13(15)16/h6-7,14H,2-5,8H2,1H3,(H,15,16). The number of hydrogen-bond acceptors (Lipinski definition) is 3. The Hall–Kier alpha value is -1.40. The van der Waals surface area contributed by atoms with Gasteiger partial charge >= 0.3 is 5.97 Å². The molecule has 1 aliphatic rings. The number of aliphatic carboxylic acids is 1. The Morgan fingerprint density at radius 1 is 1.26 bits per heavy atom. The van der Waals surface area contributed by atoms with Gasteiger partial charge in [-0.3, -0.25) is 4.79 Å². The number of carboxylic acid groups (broad SMARTS) is 1. The fourth-order valence-electron chi connectivity index (χ4n) is 2.48. The third kappa shape index (κ3) is 2.96. The van der Waals surface area contributed by atoms with Crippen molar-refractivity contribution in [2.75, 3.05) is 7.05 Å². The number of sulfonamides is 1. The van der Waals surface area contributed by atoms with Crippen LogP contribution in [0.25, 0.3) is 0 Å². The lowest BCUT2D eigenvalue weighted by Crippen LogP contribution is -2.22. The number of carboxylic acids is 1. The molecule has 1 aromatic carbocycles. The summed E-state index contributed by atoms with van der Waals surface area (Å²) in [6.45, 7) is 0. The van der Waals surface area contributed by atoms with Crippen molar-refractivity contribution in [3.63, 3.8) is 0 Å². The molecular weight excluding hydrogens is 266 g/mol. The van der Waals surface area contributed by atoms with Crippen LogP contribution in [0.4, 0.5) is 0 Å². The SMILES string of the molecule is CNS(=O)(=O)c1cc2c(cc1CC(=O)O)CCCC2. The minimum Gasteiger partial charge on any atom is -0.481 e. The molecule has 0 atom stereocenters. The van der Waals surface area contributed by atoms with Gasteiger partial charge < -0.3 is 5.11 Å². The van der Waals surface area contributed by atoms with Crippen LogP contribution >= 0.6 is 0 Å². The van der Waals surface area contributed by atoms with Gasteiger partial charge in [-0.2, -0.15) is 0 Å². The van der Waals surface area contributed by atoms with Crippen molar-refractivity contribution >= 4 is 16.0 Å². The van der Waals surface area contributed by atoms with Gasteiger partial charge in [-0.05, 0) is 55.5 Å². The molecule has 0 unspecified atom stereocenters. The summed E-state index contributed by atoms with van der Waals surface area (Å²) >= 11 is 0. The highest BCUT2D eigenvalue weighted by Gasteiger charge is 2.22. The van der Waals surface area contributed by atoms with Gasteiger partial charge in [0.05, 0.1) is 11.3 Å². The van der Waals surface area contributed by atoms with Gasteiger partial charge in [-0.25, -0.2) is 13.1 Å². The number of carbonyl (C=O) groups is 1. The van der Waals surface area contributed by atoms with Crippen LogP contribution < -0.4 is 4.72 Å². The van der Waals surface area contributed by atoms with E-state index in [1.54, 1.807) is 12.1 Å². The maximum atomic E-state index is 12.0. The lowest BCUT2D eigenvalue weighted by molar-refractivity contribution is -0.136. The van der Waals surface area contributed by atoms with Crippen molar-refractivity contribution in [3.05, 3.63) is 28.8 Å². The van der Waals surface area contributed by atoms with E-state index in [1.165, 1.54) is 7.05 Å². The minimum absolute atomic E-state index is 0.0954. The Kier molecular flexibility index (Phi) is 3.91. The fraction of sp³-hybridized carbons (Fsp3) is 0.462. The lowest BCUT2D eigenvalue weighted by Gasteiger charge is -2.19. The van der Waals surface area contributed by atoms with Crippen LogP contribution in [-0.2, 0) is 34.1 Å². The van der Waals surface area contributed by atoms with E-state index in [2.05, 4.69) is 4.72 Å². The molecule has 0 saturated heterocycles. The smallest absolute Gasteiger partial charge is 0.307 e. The molecule has 2 N–H and O–H groups in total. The molecule has 0 amide bonds. The second-order valence-electron chi connectivity index (χ2n) is 4.71. The maximum Gasteiger partial charge on any atom is 0.307 e. The zero-order valence-corrected chi connectivity index (χ0v) is 11.6. The predicted molar refractivity (Wildman–Crippen MR) is 70.7 cm³/mol. The van der Waals surface area contributed by atoms with E-state index in [0.29, 0.717) is 5.56 Å². The van der Waals surface area contributed by atoms with Crippen molar-refractivity contribution in [3.8, 4) is 0 Å². The lowest BCUT2D eigenvalue weighted by atomic mass is 9.90. The van der Waals surface area contributed by atoms with Crippen LogP contribution in [0.2, 0.25) is 0 Å². The molecule has 0 spiro atoms. The number of hydrogen-bond donors (Lipinski definition) is 2. The average Bonchev–Trinajstić information content (AvgIpc) is 2.37. The molecule has 0 saturated carbocycles. The first-order valence-electron chi connectivity index (χ1n) is 6.24. The van der Waals surface area contributed by atoms with Crippen LogP contribution in [0.5, 0.6) is 0 Å². The summed E-state index contributed by atoms with van der Waals surface area (Å²) in [7, 11) is -2.29. The summed E-state index contributed by atoms with van der Waals surface area (Å²) in [5, 5.41) is 8.92. The van der Waals surface area contributed by atoms with Crippen LogP contribution in [0.1, 0.15) is 29.5 Å². The number of rotatable bonds is 4. The highest BCUT2D eigenvalue weighted by molar-refractivity contribution is 7.89. The van der Waals surface area contributed by atoms with E-state index >= 15 is 0 Å². The second kappa shape index (κ2) is 5.30. The summed E-state index contributed by atoms with van der Waals surface area (Å²) in [4.78, 5) is 11.0. The minimum atomic E-state index is -3.62. The molecule has 0 radical (unpaired) electrons. The predicted octanol–water partition coefficient (Wildman–Crippen LogP) is 1.10. The first kappa shape index (κ1) is 14.0. The number of benzene rings is 1. The Labute approximate surface area is 112 Å². The fourth-order valence-corrected chi connectivity index (χ4v) is 3.47. The van der Waals surface area contributed by atoms with Crippen molar-refractivity contribution in [1.82, 2.24) is 4.72 Å². The highest BCUT2D eigenvalue weighted by Crippen LogP contribution is 2.27. The monoisotopic (exact) mass is 283 g/mol. The summed E-state index contributed by atoms with van der Waals surface area (Å²) in [6.07, 6.45) is 3.59. The summed E-state index contributed by atoms with van der Waals surface area (Å²) in [6, 6.07) is 3.38. The number of fused-ring (bicyclic) bond motifs is 1. The van der Waals surface area contributed by atoms with E-state index in [4.69, 9.17) is 5.11 Å². The third-order valence-corrected chi connectivity index (χ3v) is 4.92. The van der Waals surface area contributed by atoms with Gasteiger partial charge in [-0.1, -0.05) is 6.07 Å². The molecule has 1 aromatic rings. The molecule has 0 heterocycles. The number of aryl methyl sites for hydroxylation is 2. The van der Waals surface area contributed by atoms with Gasteiger partial charge in [-0.15, -0.1) is 0 Å². The molecule has 0 aliphatic heterocycles. The van der Waals surface area contributed by atoms with Crippen molar-refractivity contribution in [1.29, 1.82) is 0 Å². The number of nitrogens with one attached hydrogen (secondary N) is 1. The topological polar surface area (TPSA) is 83.5 Å². The molecule has 0 fully saturated rings. The first-order valence-corrected chi connectivity index (χ1v) is 7.72. The molecule has 104 valence electrons. The third-order valence-electron chi connectivity index (χ3n) is 3.42. The van der Waals surface area contributed by atoms with Crippen LogP contribution in [0.15, 0.2) is 17.0 Å².